The normalized spacial score (nSPS) is 31.8. The molecule has 3 saturated carbocycles. The first-order valence-electron chi connectivity index (χ1n) is 13.2. The van der Waals surface area contributed by atoms with Gasteiger partial charge in [0.05, 0.1) is 0 Å². The number of Topliss-reactive ketones (excluding diaryl/α,β-unsaturated/α-hetero) is 2. The van der Waals surface area contributed by atoms with E-state index in [1.165, 1.54) is 56.1 Å². The standard InChI is InChI=1S/C29H42O2/c1-21-7-2-5-12-27(21)24-10-6-11-25(18-15-24)28(30)19-20-29(31)26-16-13-22-8-3-4-9-23(22)14-17-26/h2,5,7,12,22-26H,3-4,6,8-11,13-20H2,1H3. The zero-order chi connectivity index (χ0) is 21.6. The van der Waals surface area contributed by atoms with Crippen LogP contribution >= 0.6 is 0 Å². The molecule has 0 radical (unpaired) electrons. The quantitative estimate of drug-likeness (QED) is 0.443. The Morgan fingerprint density at radius 3 is 1.90 bits per heavy atom. The lowest BCUT2D eigenvalue weighted by atomic mass is 9.77. The molecule has 2 heteroatoms. The molecular weight excluding hydrogens is 380 g/mol. The van der Waals surface area contributed by atoms with E-state index in [9.17, 15) is 9.59 Å². The van der Waals surface area contributed by atoms with Gasteiger partial charge in [0.1, 0.15) is 11.6 Å². The van der Waals surface area contributed by atoms with E-state index in [4.69, 9.17) is 0 Å². The van der Waals surface area contributed by atoms with E-state index in [-0.39, 0.29) is 11.8 Å². The van der Waals surface area contributed by atoms with Crippen LogP contribution in [0.1, 0.15) is 113 Å². The van der Waals surface area contributed by atoms with Crippen LogP contribution in [0.25, 0.3) is 0 Å². The molecule has 0 aromatic heterocycles. The Kier molecular flexibility index (Phi) is 8.02. The van der Waals surface area contributed by atoms with Crippen LogP contribution < -0.4 is 0 Å². The summed E-state index contributed by atoms with van der Waals surface area (Å²) in [4.78, 5) is 25.9. The Hall–Kier alpha value is -1.44. The van der Waals surface area contributed by atoms with Crippen LogP contribution in [0.15, 0.2) is 24.3 Å². The number of carbonyl (C=O) groups is 2. The van der Waals surface area contributed by atoms with Crippen molar-refractivity contribution in [1.82, 2.24) is 0 Å². The lowest BCUT2D eigenvalue weighted by Crippen LogP contribution is -2.19. The smallest absolute Gasteiger partial charge is 0.136 e. The molecule has 3 aliphatic carbocycles. The van der Waals surface area contributed by atoms with Gasteiger partial charge in [-0.15, -0.1) is 0 Å². The van der Waals surface area contributed by atoms with E-state index in [2.05, 4.69) is 31.2 Å². The van der Waals surface area contributed by atoms with Crippen LogP contribution in [0.3, 0.4) is 0 Å². The lowest BCUT2D eigenvalue weighted by molar-refractivity contribution is -0.128. The van der Waals surface area contributed by atoms with Gasteiger partial charge in [0.15, 0.2) is 0 Å². The molecule has 0 spiro atoms. The number of ketones is 2. The summed E-state index contributed by atoms with van der Waals surface area (Å²) >= 11 is 0. The Bertz CT molecular complexity index is 735. The van der Waals surface area contributed by atoms with Gasteiger partial charge in [-0.2, -0.15) is 0 Å². The summed E-state index contributed by atoms with van der Waals surface area (Å²) in [6.45, 7) is 2.21. The van der Waals surface area contributed by atoms with Crippen molar-refractivity contribution in [3.8, 4) is 0 Å². The summed E-state index contributed by atoms with van der Waals surface area (Å²) in [5.41, 5.74) is 2.85. The number of hydrogen-bond donors (Lipinski definition) is 0. The van der Waals surface area contributed by atoms with Crippen molar-refractivity contribution in [1.29, 1.82) is 0 Å². The fourth-order valence-corrected chi connectivity index (χ4v) is 6.98. The molecular formula is C29H42O2. The molecule has 4 unspecified atom stereocenters. The number of benzene rings is 1. The average molecular weight is 423 g/mol. The highest BCUT2D eigenvalue weighted by Crippen LogP contribution is 2.41. The summed E-state index contributed by atoms with van der Waals surface area (Å²) < 4.78 is 0. The maximum Gasteiger partial charge on any atom is 0.136 e. The predicted molar refractivity (Wildman–Crippen MR) is 127 cm³/mol. The van der Waals surface area contributed by atoms with Crippen LogP contribution in [0.2, 0.25) is 0 Å². The molecule has 31 heavy (non-hydrogen) atoms. The summed E-state index contributed by atoms with van der Waals surface area (Å²) in [5, 5.41) is 0. The molecule has 0 amide bonds. The van der Waals surface area contributed by atoms with Crippen LogP contribution in [-0.4, -0.2) is 11.6 Å². The maximum absolute atomic E-state index is 13.0. The van der Waals surface area contributed by atoms with Crippen LogP contribution in [0, 0.1) is 30.6 Å². The Labute approximate surface area is 189 Å². The molecule has 1 aromatic carbocycles. The van der Waals surface area contributed by atoms with Gasteiger partial charge in [-0.05, 0) is 87.2 Å². The minimum Gasteiger partial charge on any atom is -0.299 e. The third kappa shape index (κ3) is 5.88. The van der Waals surface area contributed by atoms with Crippen molar-refractivity contribution in [3.05, 3.63) is 35.4 Å². The molecule has 4 rings (SSSR count). The van der Waals surface area contributed by atoms with Gasteiger partial charge in [0.25, 0.3) is 0 Å². The number of hydrogen-bond acceptors (Lipinski definition) is 2. The first-order chi connectivity index (χ1) is 15.1. The van der Waals surface area contributed by atoms with Crippen molar-refractivity contribution in [2.24, 2.45) is 23.7 Å². The highest BCUT2D eigenvalue weighted by Gasteiger charge is 2.32. The molecule has 0 aliphatic heterocycles. The van der Waals surface area contributed by atoms with Crippen molar-refractivity contribution < 1.29 is 9.59 Å². The lowest BCUT2D eigenvalue weighted by Gasteiger charge is -2.29. The summed E-state index contributed by atoms with van der Waals surface area (Å²) in [5.74, 6) is 3.51. The van der Waals surface area contributed by atoms with Gasteiger partial charge in [-0.3, -0.25) is 9.59 Å². The van der Waals surface area contributed by atoms with E-state index in [0.29, 0.717) is 30.3 Å². The Morgan fingerprint density at radius 1 is 0.677 bits per heavy atom. The largest absolute Gasteiger partial charge is 0.299 e. The minimum absolute atomic E-state index is 0.179. The van der Waals surface area contributed by atoms with E-state index < -0.39 is 0 Å². The predicted octanol–water partition coefficient (Wildman–Crippen LogP) is 7.57. The van der Waals surface area contributed by atoms with Gasteiger partial charge >= 0.3 is 0 Å². The SMILES string of the molecule is Cc1ccccc1C1CCCC(C(=O)CCC(=O)C2CCC3CCCCC3CC2)CC1. The van der Waals surface area contributed by atoms with Gasteiger partial charge < -0.3 is 0 Å². The second-order valence-corrected chi connectivity index (χ2v) is 10.8. The molecule has 2 nitrogen and oxygen atoms in total. The molecule has 0 bridgehead atoms. The third-order valence-electron chi connectivity index (χ3n) is 8.96. The number of aryl methyl sites for hydroxylation is 1. The average Bonchev–Trinajstić information content (AvgIpc) is 3.17. The third-order valence-corrected chi connectivity index (χ3v) is 8.96. The van der Waals surface area contributed by atoms with E-state index >= 15 is 0 Å². The molecule has 170 valence electrons. The number of rotatable bonds is 6. The van der Waals surface area contributed by atoms with Crippen LogP contribution in [-0.2, 0) is 9.59 Å². The topological polar surface area (TPSA) is 34.1 Å². The van der Waals surface area contributed by atoms with Crippen molar-refractivity contribution in [3.63, 3.8) is 0 Å². The zero-order valence-corrected chi connectivity index (χ0v) is 19.6. The van der Waals surface area contributed by atoms with Gasteiger partial charge in [-0.25, -0.2) is 0 Å². The Balaban J connectivity index is 1.24. The van der Waals surface area contributed by atoms with Gasteiger partial charge in [-0.1, -0.05) is 56.4 Å². The second-order valence-electron chi connectivity index (χ2n) is 10.8. The number of carbonyl (C=O) groups excluding carboxylic acids is 2. The fraction of sp³-hybridized carbons (Fsp3) is 0.724. The first-order valence-corrected chi connectivity index (χ1v) is 13.2. The zero-order valence-electron chi connectivity index (χ0n) is 19.6. The molecule has 0 saturated heterocycles. The van der Waals surface area contributed by atoms with Crippen molar-refractivity contribution >= 4 is 11.6 Å². The highest BCUT2D eigenvalue weighted by atomic mass is 16.1. The van der Waals surface area contributed by atoms with E-state index in [1.807, 2.05) is 0 Å². The van der Waals surface area contributed by atoms with E-state index in [1.54, 1.807) is 0 Å². The monoisotopic (exact) mass is 422 g/mol. The molecule has 4 atom stereocenters. The van der Waals surface area contributed by atoms with Crippen molar-refractivity contribution in [2.45, 2.75) is 109 Å². The van der Waals surface area contributed by atoms with E-state index in [0.717, 1.165) is 50.4 Å². The van der Waals surface area contributed by atoms with Gasteiger partial charge in [0, 0.05) is 24.7 Å². The number of fused-ring (bicyclic) bond motifs is 1. The first kappa shape index (κ1) is 22.7. The summed E-state index contributed by atoms with van der Waals surface area (Å²) in [7, 11) is 0. The van der Waals surface area contributed by atoms with Crippen LogP contribution in [0.5, 0.6) is 0 Å². The summed E-state index contributed by atoms with van der Waals surface area (Å²) in [6.07, 6.45) is 16.6. The maximum atomic E-state index is 13.0. The molecule has 3 fully saturated rings. The van der Waals surface area contributed by atoms with Gasteiger partial charge in [0.2, 0.25) is 0 Å². The molecule has 1 aromatic rings. The van der Waals surface area contributed by atoms with Crippen LogP contribution in [0.4, 0.5) is 0 Å². The minimum atomic E-state index is 0.179. The fourth-order valence-electron chi connectivity index (χ4n) is 6.98. The second kappa shape index (κ2) is 10.9. The molecule has 3 aliphatic rings. The molecule has 0 N–H and O–H groups in total. The molecule has 0 heterocycles. The Morgan fingerprint density at radius 2 is 1.26 bits per heavy atom. The highest BCUT2D eigenvalue weighted by molar-refractivity contribution is 5.88. The summed E-state index contributed by atoms with van der Waals surface area (Å²) in [6, 6.07) is 8.73. The van der Waals surface area contributed by atoms with Crippen molar-refractivity contribution in [2.75, 3.05) is 0 Å².